The Balaban J connectivity index is 2.80. The third-order valence-corrected chi connectivity index (χ3v) is 0. The van der Waals surface area contributed by atoms with Crippen molar-refractivity contribution >= 4 is 14.6 Å². The SMILES string of the molecule is [CH3][Sn]([CH3])=[Zr+2]. The van der Waals surface area contributed by atoms with Crippen LogP contribution in [-0.2, 0) is 19.9 Å². The number of hydrogen-bond donors (Lipinski definition) is 0. The van der Waals surface area contributed by atoms with Gasteiger partial charge >= 0.3 is 44.3 Å². The standard InChI is InChI=1S/2CH3.Sn.Zr/h2*1H3;;/q;;;+2. The van der Waals surface area contributed by atoms with Crippen LogP contribution in [0.3, 0.4) is 0 Å². The fourth-order valence-corrected chi connectivity index (χ4v) is 0. The van der Waals surface area contributed by atoms with Crippen molar-refractivity contribution in [2.75, 3.05) is 0 Å². The fourth-order valence-electron chi connectivity index (χ4n) is 0. The third kappa shape index (κ3) is 9.36. The van der Waals surface area contributed by atoms with E-state index in [9.17, 15) is 0 Å². The summed E-state index contributed by atoms with van der Waals surface area (Å²) in [5.74, 6) is 0. The van der Waals surface area contributed by atoms with Crippen LogP contribution in [0.1, 0.15) is 0 Å². The second-order valence-electron chi connectivity index (χ2n) is 1.00. The molecule has 0 aliphatic heterocycles. The molecule has 2 heteroatoms. The first-order valence-corrected chi connectivity index (χ1v) is 16.6. The molecule has 0 N–H and O–H groups in total. The Morgan fingerprint density at radius 2 is 1.50 bits per heavy atom. The van der Waals surface area contributed by atoms with Gasteiger partial charge in [-0.25, -0.2) is 0 Å². The molecule has 0 aliphatic carbocycles. The topological polar surface area (TPSA) is 0 Å². The van der Waals surface area contributed by atoms with Gasteiger partial charge in [0.15, 0.2) is 0 Å². The van der Waals surface area contributed by atoms with Crippen molar-refractivity contribution in [3.8, 4) is 0 Å². The van der Waals surface area contributed by atoms with E-state index in [-0.39, 0.29) is 0 Å². The van der Waals surface area contributed by atoms with Gasteiger partial charge in [-0.2, -0.15) is 0 Å². The van der Waals surface area contributed by atoms with Crippen LogP contribution in [0.2, 0.25) is 9.88 Å². The second-order valence-corrected chi connectivity index (χ2v) is 23.2. The maximum atomic E-state index is 2.40. The van der Waals surface area contributed by atoms with E-state index in [1.807, 2.05) is 19.9 Å². The van der Waals surface area contributed by atoms with E-state index in [2.05, 4.69) is 9.88 Å². The van der Waals surface area contributed by atoms with Gasteiger partial charge in [-0.05, 0) is 0 Å². The van der Waals surface area contributed by atoms with Crippen molar-refractivity contribution in [3.63, 3.8) is 0 Å². The molecular formula is C2H6SnZr+2. The monoisotopic (exact) mass is 240 g/mol. The first-order chi connectivity index (χ1) is 1.73. The van der Waals surface area contributed by atoms with Crippen LogP contribution < -0.4 is 0 Å². The molecule has 4 heavy (non-hydrogen) atoms. The van der Waals surface area contributed by atoms with Crippen LogP contribution in [0, 0.1) is 0 Å². The Morgan fingerprint density at radius 1 is 1.50 bits per heavy atom. The molecule has 0 fully saturated rings. The Kier molecular flexibility index (Phi) is 4.11. The molecule has 0 amide bonds. The molecule has 0 aromatic carbocycles. The Morgan fingerprint density at radius 3 is 1.50 bits per heavy atom. The van der Waals surface area contributed by atoms with Crippen LogP contribution in [-0.4, -0.2) is 14.6 Å². The van der Waals surface area contributed by atoms with Gasteiger partial charge in [-0.3, -0.25) is 0 Å². The zero-order valence-corrected chi connectivity index (χ0v) is 8.31. The third-order valence-electron chi connectivity index (χ3n) is 0. The summed E-state index contributed by atoms with van der Waals surface area (Å²) in [5.41, 5.74) is 0. The molecule has 0 bridgehead atoms. The summed E-state index contributed by atoms with van der Waals surface area (Å²) in [5, 5.41) is 0. The van der Waals surface area contributed by atoms with Crippen molar-refractivity contribution < 1.29 is 19.9 Å². The fraction of sp³-hybridized carbons (Fsp3) is 1.00. The number of hydrogen-bond acceptors (Lipinski definition) is 0. The summed E-state index contributed by atoms with van der Waals surface area (Å²) in [7, 11) is 0. The molecule has 0 radical (unpaired) electrons. The van der Waals surface area contributed by atoms with Gasteiger partial charge in [0.1, 0.15) is 0 Å². The molecule has 0 atom stereocenters. The van der Waals surface area contributed by atoms with Crippen LogP contribution in [0.4, 0.5) is 0 Å². The molecule has 0 aromatic heterocycles. The van der Waals surface area contributed by atoms with E-state index in [1.165, 1.54) is 0 Å². The van der Waals surface area contributed by atoms with Crippen molar-refractivity contribution in [3.05, 3.63) is 0 Å². The van der Waals surface area contributed by atoms with Crippen molar-refractivity contribution in [2.45, 2.75) is 9.88 Å². The van der Waals surface area contributed by atoms with Gasteiger partial charge < -0.3 is 0 Å². The minimum absolute atomic E-state index is 0.453. The van der Waals surface area contributed by atoms with Crippen LogP contribution >= 0.6 is 0 Å². The van der Waals surface area contributed by atoms with Crippen LogP contribution in [0.25, 0.3) is 0 Å². The molecule has 0 saturated heterocycles. The molecule has 0 aliphatic rings. The molecule has 0 heterocycles. The summed E-state index contributed by atoms with van der Waals surface area (Å²) >= 11 is 1.38. The Bertz CT molecular complexity index is 29.0. The number of rotatable bonds is 0. The first kappa shape index (κ1) is 5.68. The average molecular weight is 240 g/mol. The van der Waals surface area contributed by atoms with Crippen molar-refractivity contribution in [1.82, 2.24) is 0 Å². The van der Waals surface area contributed by atoms with Gasteiger partial charge in [0.05, 0.1) is 0 Å². The van der Waals surface area contributed by atoms with E-state index in [0.29, 0.717) is 0 Å². The molecule has 0 saturated carbocycles. The molecule has 20 valence electrons. The van der Waals surface area contributed by atoms with Gasteiger partial charge in [0.25, 0.3) is 0 Å². The van der Waals surface area contributed by atoms with Gasteiger partial charge in [0, 0.05) is 0 Å². The minimum atomic E-state index is -0.453. The maximum absolute atomic E-state index is 2.40. The molecule has 0 aromatic rings. The molecule has 0 rings (SSSR count). The zero-order chi connectivity index (χ0) is 3.58. The van der Waals surface area contributed by atoms with E-state index in [1.54, 1.807) is 0 Å². The quantitative estimate of drug-likeness (QED) is 0.549. The van der Waals surface area contributed by atoms with Gasteiger partial charge in [0.2, 0.25) is 0 Å². The summed E-state index contributed by atoms with van der Waals surface area (Å²) in [6.45, 7) is 0. The van der Waals surface area contributed by atoms with E-state index >= 15 is 0 Å². The van der Waals surface area contributed by atoms with Crippen LogP contribution in [0.15, 0.2) is 0 Å². The van der Waals surface area contributed by atoms with Gasteiger partial charge in [-0.15, -0.1) is 0 Å². The molecule has 0 spiro atoms. The summed E-state index contributed by atoms with van der Waals surface area (Å²) in [4.78, 5) is 4.81. The van der Waals surface area contributed by atoms with Crippen molar-refractivity contribution in [1.29, 1.82) is 0 Å². The van der Waals surface area contributed by atoms with E-state index in [0.717, 1.165) is 0 Å². The second kappa shape index (κ2) is 2.90. The van der Waals surface area contributed by atoms with E-state index < -0.39 is 14.6 Å². The average Bonchev–Trinajstić information content (AvgIpc) is 0.811. The molecular weight excluding hydrogens is 234 g/mol. The van der Waals surface area contributed by atoms with Gasteiger partial charge in [-0.1, -0.05) is 0 Å². The summed E-state index contributed by atoms with van der Waals surface area (Å²) in [6.07, 6.45) is 0. The summed E-state index contributed by atoms with van der Waals surface area (Å²) < 4.78 is 0. The van der Waals surface area contributed by atoms with E-state index in [4.69, 9.17) is 0 Å². The first-order valence-electron chi connectivity index (χ1n) is 1.25. The Labute approximate surface area is 43.8 Å². The predicted octanol–water partition coefficient (Wildman–Crippen LogP) is 0.784. The Hall–Kier alpha value is 1.68. The molecule has 0 nitrogen and oxygen atoms in total. The predicted molar refractivity (Wildman–Crippen MR) is 17.5 cm³/mol. The normalized spacial score (nSPS) is 7.00. The van der Waals surface area contributed by atoms with Crippen molar-refractivity contribution in [2.24, 2.45) is 0 Å². The molecule has 0 unspecified atom stereocenters. The van der Waals surface area contributed by atoms with Crippen LogP contribution in [0.5, 0.6) is 0 Å². The summed E-state index contributed by atoms with van der Waals surface area (Å²) in [6, 6.07) is 0. The zero-order valence-electron chi connectivity index (χ0n) is 3.00.